The number of fused-ring (bicyclic) bond motifs is 1. The summed E-state index contributed by atoms with van der Waals surface area (Å²) in [6.07, 6.45) is 3.79. The number of hydrogen-bond acceptors (Lipinski definition) is 4. The second kappa shape index (κ2) is 7.55. The molecule has 0 aliphatic heterocycles. The van der Waals surface area contributed by atoms with E-state index in [1.807, 2.05) is 35.3 Å². The molecule has 2 aromatic heterocycles. The van der Waals surface area contributed by atoms with Crippen molar-refractivity contribution in [3.05, 3.63) is 59.9 Å². The van der Waals surface area contributed by atoms with Gasteiger partial charge in [0.1, 0.15) is 0 Å². The summed E-state index contributed by atoms with van der Waals surface area (Å²) in [7, 11) is 0. The predicted octanol–water partition coefficient (Wildman–Crippen LogP) is 3.01. The monoisotopic (exact) mass is 324 g/mol. The molecule has 5 heteroatoms. The fraction of sp³-hybridized carbons (Fsp3) is 0.368. The van der Waals surface area contributed by atoms with E-state index in [1.54, 1.807) is 0 Å². The van der Waals surface area contributed by atoms with Crippen LogP contribution in [0, 0.1) is 0 Å². The molecule has 0 aliphatic rings. The van der Waals surface area contributed by atoms with Gasteiger partial charge in [0.2, 0.25) is 0 Å². The highest BCUT2D eigenvalue weighted by Crippen LogP contribution is 2.18. The Morgan fingerprint density at radius 3 is 2.54 bits per heavy atom. The minimum Gasteiger partial charge on any atom is -0.395 e. The van der Waals surface area contributed by atoms with E-state index in [0.717, 1.165) is 29.7 Å². The number of aliphatic hydroxyl groups is 1. The van der Waals surface area contributed by atoms with Gasteiger partial charge in [0.15, 0.2) is 5.65 Å². The molecular weight excluding hydrogens is 300 g/mol. The van der Waals surface area contributed by atoms with Gasteiger partial charge in [-0.3, -0.25) is 4.90 Å². The highest BCUT2D eigenvalue weighted by Gasteiger charge is 2.11. The van der Waals surface area contributed by atoms with E-state index in [4.69, 9.17) is 0 Å². The van der Waals surface area contributed by atoms with Gasteiger partial charge in [-0.25, -0.2) is 9.67 Å². The number of aliphatic hydroxyl groups excluding tert-OH is 1. The summed E-state index contributed by atoms with van der Waals surface area (Å²) in [5.74, 6) is 0. The van der Waals surface area contributed by atoms with Crippen LogP contribution in [-0.4, -0.2) is 37.9 Å². The quantitative estimate of drug-likeness (QED) is 0.726. The number of hydrogen-bond donors (Lipinski definition) is 1. The van der Waals surface area contributed by atoms with Crippen molar-refractivity contribution in [2.75, 3.05) is 13.2 Å². The van der Waals surface area contributed by atoms with Gasteiger partial charge in [0.25, 0.3) is 0 Å². The highest BCUT2D eigenvalue weighted by molar-refractivity contribution is 5.75. The van der Waals surface area contributed by atoms with Gasteiger partial charge < -0.3 is 5.11 Å². The first-order chi connectivity index (χ1) is 11.7. The van der Waals surface area contributed by atoms with E-state index in [9.17, 15) is 5.11 Å². The maximum atomic E-state index is 9.36. The van der Waals surface area contributed by atoms with E-state index in [-0.39, 0.29) is 6.61 Å². The summed E-state index contributed by atoms with van der Waals surface area (Å²) < 4.78 is 1.94. The van der Waals surface area contributed by atoms with Crippen molar-refractivity contribution >= 4 is 11.0 Å². The fourth-order valence-electron chi connectivity index (χ4n) is 2.91. The third-order valence-corrected chi connectivity index (χ3v) is 4.05. The summed E-state index contributed by atoms with van der Waals surface area (Å²) in [4.78, 5) is 6.82. The Morgan fingerprint density at radius 1 is 1.08 bits per heavy atom. The van der Waals surface area contributed by atoms with E-state index in [0.29, 0.717) is 12.6 Å². The smallest absolute Gasteiger partial charge is 0.157 e. The lowest BCUT2D eigenvalue weighted by Crippen LogP contribution is -2.26. The molecule has 3 aromatic rings. The Balaban J connectivity index is 1.78. The first-order valence-corrected chi connectivity index (χ1v) is 8.36. The molecule has 126 valence electrons. The maximum absolute atomic E-state index is 9.36. The maximum Gasteiger partial charge on any atom is 0.157 e. The van der Waals surface area contributed by atoms with Gasteiger partial charge in [0.05, 0.1) is 12.8 Å². The summed E-state index contributed by atoms with van der Waals surface area (Å²) in [5, 5.41) is 14.8. The Hall–Kier alpha value is -2.24. The van der Waals surface area contributed by atoms with E-state index in [1.165, 1.54) is 5.56 Å². The van der Waals surface area contributed by atoms with Crippen LogP contribution < -0.4 is 0 Å². The Bertz CT molecular complexity index is 782. The second-order valence-electron chi connectivity index (χ2n) is 6.36. The van der Waals surface area contributed by atoms with Crippen LogP contribution in [0.4, 0.5) is 0 Å². The molecule has 24 heavy (non-hydrogen) atoms. The zero-order valence-corrected chi connectivity index (χ0v) is 14.3. The zero-order valence-electron chi connectivity index (χ0n) is 14.3. The number of aromatic nitrogens is 3. The van der Waals surface area contributed by atoms with Crippen molar-refractivity contribution in [2.24, 2.45) is 0 Å². The summed E-state index contributed by atoms with van der Waals surface area (Å²) in [6, 6.07) is 12.8. The van der Waals surface area contributed by atoms with Crippen LogP contribution in [0.5, 0.6) is 0 Å². The fourth-order valence-corrected chi connectivity index (χ4v) is 2.91. The SMILES string of the molecule is CC(C)n1ncc2cc(CN(CCO)Cc3ccccc3)cnc21. The standard InChI is InChI=1S/C19H24N4O/c1-15(2)23-19-18(12-21-23)10-17(11-20-19)14-22(8-9-24)13-16-6-4-3-5-7-16/h3-7,10-12,15,24H,8-9,13-14H2,1-2H3. The molecule has 1 N–H and O–H groups in total. The molecule has 0 bridgehead atoms. The molecule has 0 unspecified atom stereocenters. The number of pyridine rings is 1. The minimum atomic E-state index is 0.147. The average Bonchev–Trinajstić information content (AvgIpc) is 2.99. The molecule has 0 saturated carbocycles. The molecule has 0 fully saturated rings. The zero-order chi connectivity index (χ0) is 16.9. The molecule has 0 atom stereocenters. The molecule has 0 amide bonds. The first-order valence-electron chi connectivity index (χ1n) is 8.36. The Kier molecular flexibility index (Phi) is 5.23. The van der Waals surface area contributed by atoms with Crippen LogP contribution in [0.1, 0.15) is 31.0 Å². The minimum absolute atomic E-state index is 0.147. The van der Waals surface area contributed by atoms with Crippen LogP contribution in [0.3, 0.4) is 0 Å². The first kappa shape index (κ1) is 16.6. The van der Waals surface area contributed by atoms with E-state index >= 15 is 0 Å². The van der Waals surface area contributed by atoms with Gasteiger partial charge in [-0.1, -0.05) is 30.3 Å². The molecule has 5 nitrogen and oxygen atoms in total. The van der Waals surface area contributed by atoms with Gasteiger partial charge in [-0.05, 0) is 31.0 Å². The van der Waals surface area contributed by atoms with Crippen LogP contribution in [0.25, 0.3) is 11.0 Å². The lowest BCUT2D eigenvalue weighted by molar-refractivity contribution is 0.184. The predicted molar refractivity (Wildman–Crippen MR) is 95.6 cm³/mol. The lowest BCUT2D eigenvalue weighted by atomic mass is 10.2. The van der Waals surface area contributed by atoms with Crippen LogP contribution in [0.15, 0.2) is 48.8 Å². The number of benzene rings is 1. The van der Waals surface area contributed by atoms with E-state index < -0.39 is 0 Å². The lowest BCUT2D eigenvalue weighted by Gasteiger charge is -2.21. The molecule has 0 aliphatic carbocycles. The van der Waals surface area contributed by atoms with Crippen molar-refractivity contribution in [3.8, 4) is 0 Å². The summed E-state index contributed by atoms with van der Waals surface area (Å²) in [6.45, 7) is 6.55. The van der Waals surface area contributed by atoms with Gasteiger partial charge in [0, 0.05) is 37.3 Å². The third-order valence-electron chi connectivity index (χ3n) is 4.05. The summed E-state index contributed by atoms with van der Waals surface area (Å²) in [5.41, 5.74) is 3.30. The van der Waals surface area contributed by atoms with Crippen LogP contribution >= 0.6 is 0 Å². The van der Waals surface area contributed by atoms with Crippen LogP contribution in [0.2, 0.25) is 0 Å². The summed E-state index contributed by atoms with van der Waals surface area (Å²) >= 11 is 0. The number of rotatable bonds is 7. The highest BCUT2D eigenvalue weighted by atomic mass is 16.3. The topological polar surface area (TPSA) is 54.2 Å². The Labute approximate surface area is 142 Å². The van der Waals surface area contributed by atoms with Gasteiger partial charge in [-0.2, -0.15) is 5.10 Å². The van der Waals surface area contributed by atoms with Gasteiger partial charge in [-0.15, -0.1) is 0 Å². The molecular formula is C19H24N4O. The molecule has 1 aromatic carbocycles. The largest absolute Gasteiger partial charge is 0.395 e. The molecule has 0 saturated heterocycles. The Morgan fingerprint density at radius 2 is 1.83 bits per heavy atom. The molecule has 0 radical (unpaired) electrons. The van der Waals surface area contributed by atoms with Crippen molar-refractivity contribution in [3.63, 3.8) is 0 Å². The van der Waals surface area contributed by atoms with Gasteiger partial charge >= 0.3 is 0 Å². The van der Waals surface area contributed by atoms with Crippen molar-refractivity contribution < 1.29 is 5.11 Å². The number of nitrogens with zero attached hydrogens (tertiary/aromatic N) is 4. The van der Waals surface area contributed by atoms with E-state index in [2.05, 4.69) is 47.0 Å². The molecule has 2 heterocycles. The van der Waals surface area contributed by atoms with Crippen molar-refractivity contribution in [1.82, 2.24) is 19.7 Å². The average molecular weight is 324 g/mol. The molecule has 3 rings (SSSR count). The second-order valence-corrected chi connectivity index (χ2v) is 6.36. The van der Waals surface area contributed by atoms with Crippen molar-refractivity contribution in [2.45, 2.75) is 33.0 Å². The van der Waals surface area contributed by atoms with Crippen molar-refractivity contribution in [1.29, 1.82) is 0 Å². The molecule has 0 spiro atoms. The van der Waals surface area contributed by atoms with Crippen LogP contribution in [-0.2, 0) is 13.1 Å². The third kappa shape index (κ3) is 3.80. The normalized spacial score (nSPS) is 11.7.